The minimum atomic E-state index is 0. The van der Waals surface area contributed by atoms with Gasteiger partial charge < -0.3 is 26.4 Å². The normalized spacial score (nSPS) is 9.95. The van der Waals surface area contributed by atoms with Gasteiger partial charge in [-0.3, -0.25) is 0 Å². The summed E-state index contributed by atoms with van der Waals surface area (Å²) in [6, 6.07) is 9.86. The molecule has 0 spiro atoms. The van der Waals surface area contributed by atoms with E-state index in [1.807, 2.05) is 12.1 Å². The second-order valence-electron chi connectivity index (χ2n) is 4.55. The van der Waals surface area contributed by atoms with Gasteiger partial charge in [0.15, 0.2) is 0 Å². The van der Waals surface area contributed by atoms with Crippen molar-refractivity contribution in [1.82, 2.24) is 0 Å². The smallest absolute Gasteiger partial charge is 0.120 e. The van der Waals surface area contributed by atoms with Crippen LogP contribution in [0.4, 0.5) is 11.4 Å². The van der Waals surface area contributed by atoms with Crippen molar-refractivity contribution in [1.29, 1.82) is 0 Å². The minimum Gasteiger partial charge on any atom is -0.508 e. The van der Waals surface area contributed by atoms with Crippen molar-refractivity contribution in [3.8, 4) is 11.5 Å². The zero-order valence-electron chi connectivity index (χ0n) is 11.4. The molecule has 2 aromatic rings. The highest BCUT2D eigenvalue weighted by molar-refractivity contribution is 5.85. The molecule has 0 heterocycles. The van der Waals surface area contributed by atoms with Crippen LogP contribution in [0, 0.1) is 0 Å². The van der Waals surface area contributed by atoms with E-state index in [-0.39, 0.29) is 30.5 Å². The van der Waals surface area contributed by atoms with Crippen LogP contribution in [0.5, 0.6) is 11.5 Å². The number of phenols is 2. The minimum absolute atomic E-state index is 0. The molecule has 0 saturated heterocycles. The van der Waals surface area contributed by atoms with Crippen LogP contribution in [0.2, 0.25) is 0 Å². The van der Waals surface area contributed by atoms with Crippen LogP contribution in [0.25, 0.3) is 0 Å². The number of halogens is 1. The molecule has 0 aliphatic rings. The molecule has 0 radical (unpaired) electrons. The number of rotatable bonds is 5. The first-order chi connectivity index (χ1) is 9.60. The lowest BCUT2D eigenvalue weighted by molar-refractivity contribution is 0.300. The number of benzene rings is 2. The Morgan fingerprint density at radius 2 is 1.76 bits per heavy atom. The molecule has 6 heteroatoms. The van der Waals surface area contributed by atoms with Crippen LogP contribution >= 0.6 is 12.4 Å². The third kappa shape index (κ3) is 4.44. The highest BCUT2D eigenvalue weighted by Gasteiger charge is 2.04. The zero-order valence-corrected chi connectivity index (χ0v) is 12.2. The molecule has 2 aromatic carbocycles. The lowest BCUT2D eigenvalue weighted by atomic mass is 10.1. The van der Waals surface area contributed by atoms with Crippen molar-refractivity contribution >= 4 is 23.8 Å². The summed E-state index contributed by atoms with van der Waals surface area (Å²) in [5.41, 5.74) is 8.77. The van der Waals surface area contributed by atoms with E-state index in [0.717, 1.165) is 11.3 Å². The fraction of sp³-hybridized carbons (Fsp3) is 0.200. The summed E-state index contributed by atoms with van der Waals surface area (Å²) in [5, 5.41) is 31.2. The fourth-order valence-electron chi connectivity index (χ4n) is 1.96. The number of aliphatic hydroxyl groups excluding tert-OH is 1. The van der Waals surface area contributed by atoms with Crippen molar-refractivity contribution in [2.24, 2.45) is 0 Å². The molecular weight excluding hydrogens is 292 g/mol. The summed E-state index contributed by atoms with van der Waals surface area (Å²) in [6.45, 7) is 0.420. The van der Waals surface area contributed by atoms with Gasteiger partial charge in [-0.15, -0.1) is 12.4 Å². The van der Waals surface area contributed by atoms with E-state index in [9.17, 15) is 10.2 Å². The van der Waals surface area contributed by atoms with Crippen LogP contribution in [0.1, 0.15) is 11.1 Å². The first kappa shape index (κ1) is 16.9. The molecule has 0 aromatic heterocycles. The van der Waals surface area contributed by atoms with Gasteiger partial charge in [0, 0.05) is 30.1 Å². The van der Waals surface area contributed by atoms with Gasteiger partial charge in [-0.2, -0.15) is 0 Å². The molecule has 114 valence electrons. The quantitative estimate of drug-likeness (QED) is 0.431. The molecule has 0 fully saturated rings. The molecule has 5 nitrogen and oxygen atoms in total. The van der Waals surface area contributed by atoms with Crippen LogP contribution < -0.4 is 11.1 Å². The van der Waals surface area contributed by atoms with Crippen LogP contribution in [0.3, 0.4) is 0 Å². The van der Waals surface area contributed by atoms with E-state index in [0.29, 0.717) is 24.2 Å². The Kier molecular flexibility index (Phi) is 6.14. The number of nitrogens with one attached hydrogen (secondary N) is 1. The Hall–Kier alpha value is -2.11. The van der Waals surface area contributed by atoms with Gasteiger partial charge in [-0.25, -0.2) is 0 Å². The number of nitrogen functional groups attached to an aromatic ring is 1. The van der Waals surface area contributed by atoms with Crippen LogP contribution in [0.15, 0.2) is 36.4 Å². The molecule has 0 aliphatic heterocycles. The third-order valence-electron chi connectivity index (χ3n) is 3.07. The Morgan fingerprint density at radius 1 is 1.00 bits per heavy atom. The zero-order chi connectivity index (χ0) is 14.5. The SMILES string of the molecule is Cl.Nc1ccc(NCc2cc(O)ccc2O)cc1CCO. The van der Waals surface area contributed by atoms with Crippen molar-refractivity contribution < 1.29 is 15.3 Å². The van der Waals surface area contributed by atoms with Gasteiger partial charge in [0.2, 0.25) is 0 Å². The van der Waals surface area contributed by atoms with Gasteiger partial charge >= 0.3 is 0 Å². The Labute approximate surface area is 129 Å². The first-order valence-electron chi connectivity index (χ1n) is 6.34. The molecule has 0 amide bonds. The standard InChI is InChI=1S/C15H18N2O3.ClH/c16-14-3-1-12(7-10(14)5-6-18)17-9-11-8-13(19)2-4-15(11)20;/h1-4,7-8,17-20H,5-6,9,16H2;1H. The predicted molar refractivity (Wildman–Crippen MR) is 86.0 cm³/mol. The van der Waals surface area contributed by atoms with E-state index in [4.69, 9.17) is 10.8 Å². The van der Waals surface area contributed by atoms with Crippen molar-refractivity contribution in [3.05, 3.63) is 47.5 Å². The van der Waals surface area contributed by atoms with Crippen molar-refractivity contribution in [3.63, 3.8) is 0 Å². The van der Waals surface area contributed by atoms with Crippen LogP contribution in [-0.2, 0) is 13.0 Å². The van der Waals surface area contributed by atoms with Crippen LogP contribution in [-0.4, -0.2) is 21.9 Å². The van der Waals surface area contributed by atoms with Gasteiger partial charge in [0.1, 0.15) is 11.5 Å². The molecular formula is C15H19ClN2O3. The second-order valence-corrected chi connectivity index (χ2v) is 4.55. The Balaban J connectivity index is 0.00000220. The number of nitrogens with two attached hydrogens (primary N) is 1. The van der Waals surface area contributed by atoms with Gasteiger partial charge in [-0.1, -0.05) is 0 Å². The molecule has 0 aliphatic carbocycles. The molecule has 6 N–H and O–H groups in total. The number of hydrogen-bond acceptors (Lipinski definition) is 5. The van der Waals surface area contributed by atoms with Crippen molar-refractivity contribution in [2.75, 3.05) is 17.7 Å². The molecule has 0 saturated carbocycles. The van der Waals surface area contributed by atoms with Crippen molar-refractivity contribution in [2.45, 2.75) is 13.0 Å². The number of aromatic hydroxyl groups is 2. The van der Waals surface area contributed by atoms with E-state index < -0.39 is 0 Å². The van der Waals surface area contributed by atoms with Gasteiger partial charge in [0.05, 0.1) is 0 Å². The largest absolute Gasteiger partial charge is 0.508 e. The number of hydrogen-bond donors (Lipinski definition) is 5. The fourth-order valence-corrected chi connectivity index (χ4v) is 1.96. The lowest BCUT2D eigenvalue weighted by Crippen LogP contribution is -2.03. The summed E-state index contributed by atoms with van der Waals surface area (Å²) >= 11 is 0. The lowest BCUT2D eigenvalue weighted by Gasteiger charge is -2.11. The monoisotopic (exact) mass is 310 g/mol. The van der Waals surface area contributed by atoms with E-state index in [2.05, 4.69) is 5.32 Å². The molecule has 0 unspecified atom stereocenters. The summed E-state index contributed by atoms with van der Waals surface area (Å²) < 4.78 is 0. The third-order valence-corrected chi connectivity index (χ3v) is 3.07. The number of aliphatic hydroxyl groups is 1. The summed E-state index contributed by atoms with van der Waals surface area (Å²) in [5.74, 6) is 0.235. The summed E-state index contributed by atoms with van der Waals surface area (Å²) in [4.78, 5) is 0. The topological polar surface area (TPSA) is 98.7 Å². The maximum atomic E-state index is 9.69. The average Bonchev–Trinajstić information content (AvgIpc) is 2.43. The number of anilines is 2. The molecule has 21 heavy (non-hydrogen) atoms. The maximum Gasteiger partial charge on any atom is 0.120 e. The van der Waals surface area contributed by atoms with E-state index >= 15 is 0 Å². The number of phenolic OH excluding ortho intramolecular Hbond substituents is 2. The highest BCUT2D eigenvalue weighted by Crippen LogP contribution is 2.24. The Morgan fingerprint density at radius 3 is 2.48 bits per heavy atom. The maximum absolute atomic E-state index is 9.69. The Bertz CT molecular complexity index is 605. The average molecular weight is 311 g/mol. The summed E-state index contributed by atoms with van der Waals surface area (Å²) in [6.07, 6.45) is 0.499. The van der Waals surface area contributed by atoms with E-state index in [1.54, 1.807) is 6.07 Å². The highest BCUT2D eigenvalue weighted by atomic mass is 35.5. The first-order valence-corrected chi connectivity index (χ1v) is 6.34. The summed E-state index contributed by atoms with van der Waals surface area (Å²) in [7, 11) is 0. The predicted octanol–water partition coefficient (Wildman–Crippen LogP) is 2.25. The molecule has 0 atom stereocenters. The molecule has 0 bridgehead atoms. The molecule has 2 rings (SSSR count). The van der Waals surface area contributed by atoms with Gasteiger partial charge in [0.25, 0.3) is 0 Å². The van der Waals surface area contributed by atoms with Gasteiger partial charge in [-0.05, 0) is 48.4 Å². The second kappa shape index (κ2) is 7.61. The van der Waals surface area contributed by atoms with E-state index in [1.165, 1.54) is 18.2 Å².